The lowest BCUT2D eigenvalue weighted by molar-refractivity contribution is -0.127. The quantitative estimate of drug-likeness (QED) is 0.732. The lowest BCUT2D eigenvalue weighted by Gasteiger charge is -2.34. The molecule has 0 saturated carbocycles. The van der Waals surface area contributed by atoms with Crippen molar-refractivity contribution in [1.29, 1.82) is 0 Å². The molecule has 2 aliphatic heterocycles. The van der Waals surface area contributed by atoms with Crippen molar-refractivity contribution in [2.75, 3.05) is 32.8 Å². The highest BCUT2D eigenvalue weighted by molar-refractivity contribution is 6.30. The van der Waals surface area contributed by atoms with Gasteiger partial charge in [-0.1, -0.05) is 29.8 Å². The minimum Gasteiger partial charge on any atom is -0.493 e. The zero-order valence-electron chi connectivity index (χ0n) is 15.5. The molecule has 0 bridgehead atoms. The van der Waals surface area contributed by atoms with Crippen LogP contribution in [0.1, 0.15) is 16.7 Å². The van der Waals surface area contributed by atoms with E-state index in [1.54, 1.807) is 12.1 Å². The molecule has 1 saturated heterocycles. The molecule has 0 aliphatic carbocycles. The number of rotatable bonds is 4. The zero-order valence-corrected chi connectivity index (χ0v) is 16.3. The second-order valence-electron chi connectivity index (χ2n) is 7.15. The van der Waals surface area contributed by atoms with Crippen molar-refractivity contribution >= 4 is 23.6 Å². The number of benzene rings is 2. The summed E-state index contributed by atoms with van der Waals surface area (Å²) < 4.78 is 18.8. The van der Waals surface area contributed by atoms with Crippen LogP contribution >= 0.6 is 11.6 Å². The van der Waals surface area contributed by atoms with E-state index in [1.807, 2.05) is 4.90 Å². The van der Waals surface area contributed by atoms with Crippen molar-refractivity contribution in [2.24, 2.45) is 0 Å². The Balaban J connectivity index is 1.29. The Morgan fingerprint density at radius 1 is 1.14 bits per heavy atom. The lowest BCUT2D eigenvalue weighted by Crippen LogP contribution is -2.47. The third-order valence-corrected chi connectivity index (χ3v) is 5.50. The van der Waals surface area contributed by atoms with E-state index >= 15 is 0 Å². The van der Waals surface area contributed by atoms with Gasteiger partial charge in [0.15, 0.2) is 0 Å². The Bertz CT molecular complexity index is 907. The van der Waals surface area contributed by atoms with Crippen LogP contribution in [-0.4, -0.2) is 48.5 Å². The van der Waals surface area contributed by atoms with Gasteiger partial charge < -0.3 is 9.64 Å². The van der Waals surface area contributed by atoms with Crippen LogP contribution in [0.25, 0.3) is 6.08 Å². The third-order valence-electron chi connectivity index (χ3n) is 5.21. The van der Waals surface area contributed by atoms with E-state index in [4.69, 9.17) is 16.3 Å². The number of carbonyl (C=O) groups is 1. The second kappa shape index (κ2) is 8.33. The van der Waals surface area contributed by atoms with Crippen LogP contribution in [0.5, 0.6) is 5.75 Å². The summed E-state index contributed by atoms with van der Waals surface area (Å²) in [6, 6.07) is 10.8. The molecule has 2 aliphatic rings. The first kappa shape index (κ1) is 19.0. The molecule has 146 valence electrons. The maximum atomic E-state index is 13.2. The number of hydrogen-bond donors (Lipinski definition) is 0. The predicted molar refractivity (Wildman–Crippen MR) is 108 cm³/mol. The Kier molecular flexibility index (Phi) is 5.64. The van der Waals surface area contributed by atoms with Crippen LogP contribution in [-0.2, 0) is 17.8 Å². The Morgan fingerprint density at radius 2 is 1.96 bits per heavy atom. The summed E-state index contributed by atoms with van der Waals surface area (Å²) >= 11 is 5.77. The number of fused-ring (bicyclic) bond motifs is 1. The van der Waals surface area contributed by atoms with Gasteiger partial charge in [0.25, 0.3) is 0 Å². The molecule has 4 nitrogen and oxygen atoms in total. The Morgan fingerprint density at radius 3 is 2.75 bits per heavy atom. The molecule has 0 unspecified atom stereocenters. The summed E-state index contributed by atoms with van der Waals surface area (Å²) in [5.74, 6) is 0.514. The summed E-state index contributed by atoms with van der Waals surface area (Å²) in [4.78, 5) is 16.6. The summed E-state index contributed by atoms with van der Waals surface area (Å²) in [6.07, 6.45) is 4.18. The van der Waals surface area contributed by atoms with Gasteiger partial charge in [-0.25, -0.2) is 4.39 Å². The lowest BCUT2D eigenvalue weighted by atomic mass is 10.1. The molecule has 0 aromatic heterocycles. The molecule has 6 heteroatoms. The summed E-state index contributed by atoms with van der Waals surface area (Å²) in [6.45, 7) is 4.74. The van der Waals surface area contributed by atoms with Gasteiger partial charge >= 0.3 is 0 Å². The molecule has 2 aromatic carbocycles. The third kappa shape index (κ3) is 4.37. The van der Waals surface area contributed by atoms with Gasteiger partial charge in [0, 0.05) is 45.2 Å². The minimum absolute atomic E-state index is 0.0326. The van der Waals surface area contributed by atoms with Gasteiger partial charge in [-0.3, -0.25) is 9.69 Å². The molecule has 1 amide bonds. The highest BCUT2D eigenvalue weighted by atomic mass is 35.5. The molecule has 0 radical (unpaired) electrons. The maximum Gasteiger partial charge on any atom is 0.246 e. The van der Waals surface area contributed by atoms with Crippen LogP contribution in [0, 0.1) is 5.82 Å². The molecule has 2 heterocycles. The van der Waals surface area contributed by atoms with E-state index < -0.39 is 5.82 Å². The normalized spacial score (nSPS) is 17.0. The maximum absolute atomic E-state index is 13.2. The van der Waals surface area contributed by atoms with Crippen LogP contribution in [0.3, 0.4) is 0 Å². The average Bonchev–Trinajstić information content (AvgIpc) is 3.17. The molecule has 0 spiro atoms. The SMILES string of the molecule is O=C(/C=C/c1ccc(F)c(Cl)c1)N1CCN(Cc2ccc3c(c2)CCO3)CC1. The first-order valence-corrected chi connectivity index (χ1v) is 9.85. The second-order valence-corrected chi connectivity index (χ2v) is 7.56. The van der Waals surface area contributed by atoms with E-state index in [2.05, 4.69) is 23.1 Å². The van der Waals surface area contributed by atoms with Gasteiger partial charge in [-0.15, -0.1) is 0 Å². The number of hydrogen-bond acceptors (Lipinski definition) is 3. The van der Waals surface area contributed by atoms with Crippen molar-refractivity contribution in [1.82, 2.24) is 9.80 Å². The van der Waals surface area contributed by atoms with Crippen molar-refractivity contribution < 1.29 is 13.9 Å². The Hall–Kier alpha value is -2.37. The number of piperazine rings is 1. The fraction of sp³-hybridized carbons (Fsp3) is 0.318. The molecular formula is C22H22ClFN2O2. The van der Waals surface area contributed by atoms with Gasteiger partial charge in [0.05, 0.1) is 11.6 Å². The topological polar surface area (TPSA) is 32.8 Å². The summed E-state index contributed by atoms with van der Waals surface area (Å²) in [5, 5.41) is 0.0568. The molecule has 28 heavy (non-hydrogen) atoms. The minimum atomic E-state index is -0.461. The van der Waals surface area contributed by atoms with Crippen LogP contribution in [0.4, 0.5) is 4.39 Å². The molecule has 1 fully saturated rings. The first-order chi connectivity index (χ1) is 13.6. The predicted octanol–water partition coefficient (Wildman–Crippen LogP) is 3.77. The van der Waals surface area contributed by atoms with Gasteiger partial charge in [0.2, 0.25) is 5.91 Å². The molecule has 0 atom stereocenters. The van der Waals surface area contributed by atoms with E-state index in [-0.39, 0.29) is 10.9 Å². The Labute approximate surface area is 169 Å². The molecular weight excluding hydrogens is 379 g/mol. The van der Waals surface area contributed by atoms with Gasteiger partial charge in [0.1, 0.15) is 11.6 Å². The van der Waals surface area contributed by atoms with Gasteiger partial charge in [-0.05, 0) is 41.0 Å². The van der Waals surface area contributed by atoms with E-state index in [1.165, 1.54) is 29.3 Å². The highest BCUT2D eigenvalue weighted by Crippen LogP contribution is 2.26. The number of halogens is 2. The standard InChI is InChI=1S/C22H22ClFN2O2/c23-19-14-16(1-4-20(19)24)3-6-22(27)26-10-8-25(9-11-26)15-17-2-5-21-18(13-17)7-12-28-21/h1-6,13-14H,7-12,15H2/b6-3+. The summed E-state index contributed by atoms with van der Waals surface area (Å²) in [7, 11) is 0. The summed E-state index contributed by atoms with van der Waals surface area (Å²) in [5.41, 5.74) is 3.29. The van der Waals surface area contributed by atoms with Crippen molar-refractivity contribution in [3.05, 3.63) is 70.0 Å². The van der Waals surface area contributed by atoms with Crippen LogP contribution in [0.15, 0.2) is 42.5 Å². The number of amides is 1. The monoisotopic (exact) mass is 400 g/mol. The molecule has 4 rings (SSSR count). The molecule has 2 aromatic rings. The number of ether oxygens (including phenoxy) is 1. The van der Waals surface area contributed by atoms with Crippen molar-refractivity contribution in [3.63, 3.8) is 0 Å². The zero-order chi connectivity index (χ0) is 19.5. The smallest absolute Gasteiger partial charge is 0.246 e. The van der Waals surface area contributed by atoms with E-state index in [0.717, 1.165) is 38.4 Å². The van der Waals surface area contributed by atoms with Crippen LogP contribution in [0.2, 0.25) is 5.02 Å². The van der Waals surface area contributed by atoms with Crippen molar-refractivity contribution in [3.8, 4) is 5.75 Å². The largest absolute Gasteiger partial charge is 0.493 e. The first-order valence-electron chi connectivity index (χ1n) is 9.47. The van der Waals surface area contributed by atoms with Crippen LogP contribution < -0.4 is 4.74 Å². The highest BCUT2D eigenvalue weighted by Gasteiger charge is 2.20. The van der Waals surface area contributed by atoms with Crippen molar-refractivity contribution in [2.45, 2.75) is 13.0 Å². The number of nitrogens with zero attached hydrogens (tertiary/aromatic N) is 2. The van der Waals surface area contributed by atoms with Gasteiger partial charge in [-0.2, -0.15) is 0 Å². The fourth-order valence-corrected chi connectivity index (χ4v) is 3.80. The number of carbonyl (C=O) groups excluding carboxylic acids is 1. The van der Waals surface area contributed by atoms with E-state index in [0.29, 0.717) is 18.7 Å². The average molecular weight is 401 g/mol. The fourth-order valence-electron chi connectivity index (χ4n) is 3.61. The molecule has 0 N–H and O–H groups in total. The van der Waals surface area contributed by atoms with E-state index in [9.17, 15) is 9.18 Å².